The number of fused-ring (bicyclic) bond motifs is 8. The van der Waals surface area contributed by atoms with E-state index in [2.05, 4.69) is 158 Å². The summed E-state index contributed by atoms with van der Waals surface area (Å²) in [6, 6.07) is 55.4. The van der Waals surface area contributed by atoms with Gasteiger partial charge >= 0.3 is 0 Å². The zero-order valence-electron chi connectivity index (χ0n) is 25.7. The molecule has 7 aromatic carbocycles. The molecule has 10 rings (SSSR count). The molecule has 0 atom stereocenters. The molecule has 0 saturated heterocycles. The van der Waals surface area contributed by atoms with E-state index >= 15 is 0 Å². The maximum absolute atomic E-state index is 6.87. The van der Waals surface area contributed by atoms with E-state index in [9.17, 15) is 0 Å². The average Bonchev–Trinajstić information content (AvgIpc) is 3.74. The zero-order chi connectivity index (χ0) is 31.6. The molecule has 48 heavy (non-hydrogen) atoms. The third-order valence-electron chi connectivity index (χ3n) is 9.29. The fourth-order valence-electron chi connectivity index (χ4n) is 7.04. The van der Waals surface area contributed by atoms with E-state index in [1.807, 2.05) is 0 Å². The molecule has 4 heteroatoms. The minimum atomic E-state index is 0.656. The molecular formula is C44H26N2OS. The van der Waals surface area contributed by atoms with Gasteiger partial charge in [0.05, 0.1) is 21.5 Å². The van der Waals surface area contributed by atoms with E-state index in [0.717, 1.165) is 65.3 Å². The third kappa shape index (κ3) is 4.20. The molecule has 0 radical (unpaired) electrons. The summed E-state index contributed by atoms with van der Waals surface area (Å²) in [7, 11) is 0. The van der Waals surface area contributed by atoms with Gasteiger partial charge in [-0.3, -0.25) is 0 Å². The Morgan fingerprint density at radius 1 is 0.417 bits per heavy atom. The molecule has 0 unspecified atom stereocenters. The Balaban J connectivity index is 1.25. The summed E-state index contributed by atoms with van der Waals surface area (Å²) in [5.74, 6) is 0.656. The summed E-state index contributed by atoms with van der Waals surface area (Å²) in [5.41, 5.74) is 10.2. The lowest BCUT2D eigenvalue weighted by Crippen LogP contribution is -1.94. The van der Waals surface area contributed by atoms with Crippen LogP contribution in [0.1, 0.15) is 0 Å². The fourth-order valence-corrected chi connectivity index (χ4v) is 8.19. The zero-order valence-corrected chi connectivity index (χ0v) is 26.5. The molecule has 3 nitrogen and oxygen atoms in total. The van der Waals surface area contributed by atoms with E-state index in [1.165, 1.54) is 26.8 Å². The fraction of sp³-hybridized carbons (Fsp3) is 0. The van der Waals surface area contributed by atoms with Gasteiger partial charge in [0, 0.05) is 31.8 Å². The van der Waals surface area contributed by atoms with Gasteiger partial charge in [0.1, 0.15) is 11.2 Å². The third-order valence-corrected chi connectivity index (χ3v) is 10.5. The summed E-state index contributed by atoms with van der Waals surface area (Å²) in [6.07, 6.45) is 0. The van der Waals surface area contributed by atoms with Gasteiger partial charge < -0.3 is 4.42 Å². The predicted molar refractivity (Wildman–Crippen MR) is 201 cm³/mol. The lowest BCUT2D eigenvalue weighted by molar-refractivity contribution is 0.673. The molecule has 0 aliphatic rings. The van der Waals surface area contributed by atoms with E-state index in [1.54, 1.807) is 11.3 Å². The summed E-state index contributed by atoms with van der Waals surface area (Å²) in [5, 5.41) is 5.53. The topological polar surface area (TPSA) is 38.9 Å². The van der Waals surface area contributed by atoms with Crippen LogP contribution >= 0.6 is 11.3 Å². The Hall–Kier alpha value is -6.10. The molecule has 0 N–H and O–H groups in total. The number of thiophene rings is 1. The minimum Gasteiger partial charge on any atom is -0.455 e. The van der Waals surface area contributed by atoms with Gasteiger partial charge in [-0.1, -0.05) is 133 Å². The first-order valence-electron chi connectivity index (χ1n) is 16.1. The first-order valence-corrected chi connectivity index (χ1v) is 16.9. The van der Waals surface area contributed by atoms with Gasteiger partial charge in [-0.05, 0) is 51.9 Å². The van der Waals surface area contributed by atoms with Crippen molar-refractivity contribution in [1.29, 1.82) is 0 Å². The molecule has 3 aromatic heterocycles. The number of hydrogen-bond acceptors (Lipinski definition) is 4. The second kappa shape index (κ2) is 10.7. The van der Waals surface area contributed by atoms with Crippen molar-refractivity contribution >= 4 is 64.4 Å². The van der Waals surface area contributed by atoms with Crippen LogP contribution in [0.5, 0.6) is 0 Å². The van der Waals surface area contributed by atoms with Crippen molar-refractivity contribution < 1.29 is 4.42 Å². The Kier molecular flexibility index (Phi) is 6.05. The lowest BCUT2D eigenvalue weighted by Gasteiger charge is -2.09. The van der Waals surface area contributed by atoms with Crippen LogP contribution in [-0.2, 0) is 0 Å². The SMILES string of the molecule is c1ccc(-c2cccc(-c3nc(-c4cccc5c4oc4c6ccccc6c(-c6ccccc6)cc54)nc4c3sc3ccccc34)c2)cc1. The van der Waals surface area contributed by atoms with Gasteiger partial charge in [-0.25, -0.2) is 9.97 Å². The highest BCUT2D eigenvalue weighted by Crippen LogP contribution is 2.44. The number of furan rings is 1. The van der Waals surface area contributed by atoms with Gasteiger partial charge in [-0.2, -0.15) is 0 Å². The van der Waals surface area contributed by atoms with Crippen LogP contribution in [0.4, 0.5) is 0 Å². The van der Waals surface area contributed by atoms with Gasteiger partial charge in [0.2, 0.25) is 0 Å². The lowest BCUT2D eigenvalue weighted by atomic mass is 9.95. The van der Waals surface area contributed by atoms with Crippen LogP contribution in [0.25, 0.3) is 97.9 Å². The highest BCUT2D eigenvalue weighted by atomic mass is 32.1. The van der Waals surface area contributed by atoms with Crippen LogP contribution in [0.15, 0.2) is 162 Å². The highest BCUT2D eigenvalue weighted by molar-refractivity contribution is 7.26. The van der Waals surface area contributed by atoms with Crippen LogP contribution in [0.2, 0.25) is 0 Å². The van der Waals surface area contributed by atoms with Crippen LogP contribution in [0.3, 0.4) is 0 Å². The molecule has 0 fully saturated rings. The first-order chi connectivity index (χ1) is 23.8. The van der Waals surface area contributed by atoms with E-state index in [4.69, 9.17) is 14.4 Å². The molecule has 224 valence electrons. The maximum Gasteiger partial charge on any atom is 0.164 e. The normalized spacial score (nSPS) is 11.8. The second-order valence-electron chi connectivity index (χ2n) is 12.1. The minimum absolute atomic E-state index is 0.656. The van der Waals surface area contributed by atoms with Crippen molar-refractivity contribution in [2.45, 2.75) is 0 Å². The van der Waals surface area contributed by atoms with Gasteiger partial charge in [-0.15, -0.1) is 11.3 Å². The van der Waals surface area contributed by atoms with Crippen molar-refractivity contribution in [1.82, 2.24) is 9.97 Å². The molecule has 0 amide bonds. The largest absolute Gasteiger partial charge is 0.455 e. The summed E-state index contributed by atoms with van der Waals surface area (Å²) in [4.78, 5) is 10.6. The standard InChI is InChI=1S/C44H26N2OS/c1-3-13-27(14-4-1)29-17-11-18-30(25-29)39-43-40(34-21-9-10-24-38(34)48-43)46-44(45-39)35-23-12-22-33-37-26-36(28-15-5-2-6-16-28)31-19-7-8-20-32(31)42(37)47-41(33)35/h1-26H. The Bertz CT molecular complexity index is 2830. The second-order valence-corrected chi connectivity index (χ2v) is 13.2. The Morgan fingerprint density at radius 2 is 1.04 bits per heavy atom. The number of nitrogens with zero attached hydrogens (tertiary/aromatic N) is 2. The van der Waals surface area contributed by atoms with Gasteiger partial charge in [0.15, 0.2) is 5.82 Å². The van der Waals surface area contributed by atoms with E-state index in [0.29, 0.717) is 5.82 Å². The summed E-state index contributed by atoms with van der Waals surface area (Å²) < 4.78 is 9.15. The van der Waals surface area contributed by atoms with Crippen molar-refractivity contribution in [3.63, 3.8) is 0 Å². The molecule has 0 spiro atoms. The first kappa shape index (κ1) is 27.1. The van der Waals surface area contributed by atoms with Crippen molar-refractivity contribution in [3.05, 3.63) is 158 Å². The summed E-state index contributed by atoms with van der Waals surface area (Å²) in [6.45, 7) is 0. The number of aromatic nitrogens is 2. The van der Waals surface area contributed by atoms with Crippen LogP contribution in [0, 0.1) is 0 Å². The molecule has 0 bridgehead atoms. The monoisotopic (exact) mass is 630 g/mol. The highest BCUT2D eigenvalue weighted by Gasteiger charge is 2.21. The number of benzene rings is 7. The smallest absolute Gasteiger partial charge is 0.164 e. The Labute approximate surface area is 280 Å². The van der Waals surface area contributed by atoms with E-state index < -0.39 is 0 Å². The number of para-hydroxylation sites is 1. The van der Waals surface area contributed by atoms with Crippen LogP contribution < -0.4 is 0 Å². The number of hydrogen-bond donors (Lipinski definition) is 0. The molecule has 0 saturated carbocycles. The quantitative estimate of drug-likeness (QED) is 0.194. The van der Waals surface area contributed by atoms with Crippen molar-refractivity contribution in [3.8, 4) is 44.9 Å². The molecule has 0 aliphatic carbocycles. The van der Waals surface area contributed by atoms with Crippen LogP contribution in [-0.4, -0.2) is 9.97 Å². The summed E-state index contributed by atoms with van der Waals surface area (Å²) >= 11 is 1.75. The average molecular weight is 631 g/mol. The van der Waals surface area contributed by atoms with Crippen molar-refractivity contribution in [2.24, 2.45) is 0 Å². The van der Waals surface area contributed by atoms with E-state index in [-0.39, 0.29) is 0 Å². The predicted octanol–water partition coefficient (Wildman–Crippen LogP) is 12.6. The maximum atomic E-state index is 6.87. The molecule has 0 aliphatic heterocycles. The molecular weight excluding hydrogens is 605 g/mol. The number of rotatable bonds is 4. The molecule has 3 heterocycles. The Morgan fingerprint density at radius 3 is 1.88 bits per heavy atom. The molecule has 10 aromatic rings. The van der Waals surface area contributed by atoms with Gasteiger partial charge in [0.25, 0.3) is 0 Å². The van der Waals surface area contributed by atoms with Crippen molar-refractivity contribution in [2.75, 3.05) is 0 Å².